The van der Waals surface area contributed by atoms with Crippen LogP contribution in [-0.4, -0.2) is 29.1 Å². The molecule has 0 atom stereocenters. The van der Waals surface area contributed by atoms with E-state index in [0.29, 0.717) is 32.1 Å². The average molecular weight is 303 g/mol. The van der Waals surface area contributed by atoms with Crippen LogP contribution in [0.2, 0.25) is 0 Å². The number of hydrogen-bond donors (Lipinski definition) is 1. The Labute approximate surface area is 130 Å². The van der Waals surface area contributed by atoms with Crippen LogP contribution in [0.25, 0.3) is 0 Å². The molecule has 0 fully saturated rings. The van der Waals surface area contributed by atoms with Gasteiger partial charge in [-0.25, -0.2) is 9.78 Å². The summed E-state index contributed by atoms with van der Waals surface area (Å²) in [6.07, 6.45) is 4.92. The fraction of sp³-hybridized carbons (Fsp3) is 0.375. The number of rotatable bonds is 7. The molecule has 2 rings (SSSR count). The van der Waals surface area contributed by atoms with E-state index in [1.54, 1.807) is 23.6 Å². The molecule has 0 saturated heterocycles. The number of nitrogens with one attached hydrogen (secondary N) is 1. The van der Waals surface area contributed by atoms with E-state index < -0.39 is 0 Å². The quantitative estimate of drug-likeness (QED) is 0.854. The zero-order valence-corrected chi connectivity index (χ0v) is 12.9. The van der Waals surface area contributed by atoms with Gasteiger partial charge in [0.1, 0.15) is 0 Å². The van der Waals surface area contributed by atoms with Crippen molar-refractivity contribution in [3.63, 3.8) is 0 Å². The number of furan rings is 1. The van der Waals surface area contributed by atoms with Gasteiger partial charge in [-0.05, 0) is 26.0 Å². The minimum atomic E-state index is -0.130. The van der Waals surface area contributed by atoms with Gasteiger partial charge in [-0.2, -0.15) is 0 Å². The van der Waals surface area contributed by atoms with Gasteiger partial charge in [0.2, 0.25) is 5.88 Å². The molecule has 118 valence electrons. The fourth-order valence-electron chi connectivity index (χ4n) is 2.04. The molecule has 0 unspecified atom stereocenters. The summed E-state index contributed by atoms with van der Waals surface area (Å²) in [5, 5.41) is 2.90. The number of carbonyl (C=O) groups is 1. The van der Waals surface area contributed by atoms with Gasteiger partial charge in [0.25, 0.3) is 0 Å². The number of ether oxygens (including phenoxy) is 1. The van der Waals surface area contributed by atoms with Gasteiger partial charge < -0.3 is 19.4 Å². The van der Waals surface area contributed by atoms with E-state index in [2.05, 4.69) is 10.3 Å². The van der Waals surface area contributed by atoms with E-state index in [1.807, 2.05) is 32.0 Å². The summed E-state index contributed by atoms with van der Waals surface area (Å²) >= 11 is 0. The summed E-state index contributed by atoms with van der Waals surface area (Å²) in [4.78, 5) is 18.1. The zero-order chi connectivity index (χ0) is 15.8. The van der Waals surface area contributed by atoms with Crippen molar-refractivity contribution < 1.29 is 13.9 Å². The van der Waals surface area contributed by atoms with E-state index in [1.165, 1.54) is 0 Å². The Morgan fingerprint density at radius 1 is 1.41 bits per heavy atom. The minimum absolute atomic E-state index is 0.130. The molecule has 2 heterocycles. The van der Waals surface area contributed by atoms with Crippen molar-refractivity contribution >= 4 is 6.03 Å². The highest BCUT2D eigenvalue weighted by Gasteiger charge is 2.13. The predicted molar refractivity (Wildman–Crippen MR) is 82.4 cm³/mol. The van der Waals surface area contributed by atoms with Crippen LogP contribution in [0.1, 0.15) is 25.0 Å². The van der Waals surface area contributed by atoms with Gasteiger partial charge in [-0.15, -0.1) is 0 Å². The van der Waals surface area contributed by atoms with Crippen molar-refractivity contribution in [3.8, 4) is 5.88 Å². The van der Waals surface area contributed by atoms with Crippen molar-refractivity contribution in [1.82, 2.24) is 15.2 Å². The SMILES string of the molecule is CCOc1ncccc1CNC(=O)N(CC)Cc1ccoc1. The first-order valence-corrected chi connectivity index (χ1v) is 7.35. The largest absolute Gasteiger partial charge is 0.478 e. The topological polar surface area (TPSA) is 67.6 Å². The van der Waals surface area contributed by atoms with Crippen molar-refractivity contribution in [2.75, 3.05) is 13.2 Å². The lowest BCUT2D eigenvalue weighted by atomic mass is 10.2. The molecule has 1 N–H and O–H groups in total. The molecule has 6 nitrogen and oxygen atoms in total. The van der Waals surface area contributed by atoms with Gasteiger partial charge in [0.15, 0.2) is 0 Å². The average Bonchev–Trinajstić information content (AvgIpc) is 3.05. The Morgan fingerprint density at radius 3 is 2.95 bits per heavy atom. The lowest BCUT2D eigenvalue weighted by Gasteiger charge is -2.21. The monoisotopic (exact) mass is 303 g/mol. The fourth-order valence-corrected chi connectivity index (χ4v) is 2.04. The van der Waals surface area contributed by atoms with Crippen LogP contribution in [0.5, 0.6) is 5.88 Å². The number of hydrogen-bond acceptors (Lipinski definition) is 4. The van der Waals surface area contributed by atoms with Crippen LogP contribution in [0, 0.1) is 0 Å². The summed E-state index contributed by atoms with van der Waals surface area (Å²) < 4.78 is 10.5. The molecular formula is C16H21N3O3. The van der Waals surface area contributed by atoms with Gasteiger partial charge >= 0.3 is 6.03 Å². The van der Waals surface area contributed by atoms with Crippen LogP contribution in [0.15, 0.2) is 41.3 Å². The van der Waals surface area contributed by atoms with E-state index in [9.17, 15) is 4.79 Å². The molecule has 0 aromatic carbocycles. The molecule has 22 heavy (non-hydrogen) atoms. The van der Waals surface area contributed by atoms with E-state index in [4.69, 9.17) is 9.15 Å². The van der Waals surface area contributed by atoms with Crippen molar-refractivity contribution in [2.45, 2.75) is 26.9 Å². The first-order valence-electron chi connectivity index (χ1n) is 7.35. The number of nitrogens with zero attached hydrogens (tertiary/aromatic N) is 2. The van der Waals surface area contributed by atoms with Crippen LogP contribution >= 0.6 is 0 Å². The molecule has 2 aromatic rings. The molecule has 0 radical (unpaired) electrons. The second-order valence-electron chi connectivity index (χ2n) is 4.71. The Morgan fingerprint density at radius 2 is 2.27 bits per heavy atom. The first kappa shape index (κ1) is 15.9. The zero-order valence-electron chi connectivity index (χ0n) is 12.9. The highest BCUT2D eigenvalue weighted by molar-refractivity contribution is 5.74. The molecule has 0 spiro atoms. The van der Waals surface area contributed by atoms with Gasteiger partial charge in [-0.1, -0.05) is 6.07 Å². The van der Waals surface area contributed by atoms with Crippen molar-refractivity contribution in [3.05, 3.63) is 48.0 Å². The van der Waals surface area contributed by atoms with Crippen LogP contribution in [-0.2, 0) is 13.1 Å². The molecule has 0 saturated carbocycles. The van der Waals surface area contributed by atoms with Gasteiger partial charge in [-0.3, -0.25) is 0 Å². The normalized spacial score (nSPS) is 10.3. The van der Waals surface area contributed by atoms with Crippen molar-refractivity contribution in [2.24, 2.45) is 0 Å². The molecule has 0 bridgehead atoms. The molecule has 6 heteroatoms. The standard InChI is InChI=1S/C16H21N3O3/c1-3-19(11-13-7-9-21-12-13)16(20)18-10-14-6-5-8-17-15(14)22-4-2/h5-9,12H,3-4,10-11H2,1-2H3,(H,18,20). The molecular weight excluding hydrogens is 282 g/mol. The highest BCUT2D eigenvalue weighted by Crippen LogP contribution is 2.14. The second kappa shape index (κ2) is 8.07. The number of pyridine rings is 1. The maximum atomic E-state index is 12.3. The molecule has 0 aliphatic heterocycles. The third-order valence-corrected chi connectivity index (χ3v) is 3.18. The Balaban J connectivity index is 1.93. The lowest BCUT2D eigenvalue weighted by molar-refractivity contribution is 0.197. The van der Waals surface area contributed by atoms with Crippen LogP contribution < -0.4 is 10.1 Å². The Kier molecular flexibility index (Phi) is 5.82. The Hall–Kier alpha value is -2.50. The lowest BCUT2D eigenvalue weighted by Crippen LogP contribution is -2.39. The number of carbonyl (C=O) groups excluding carboxylic acids is 1. The molecule has 0 aliphatic rings. The number of urea groups is 1. The number of amides is 2. The Bertz CT molecular complexity index is 584. The summed E-state index contributed by atoms with van der Waals surface area (Å²) in [6, 6.07) is 5.44. The molecule has 2 amide bonds. The van der Waals surface area contributed by atoms with Gasteiger partial charge in [0.05, 0.1) is 25.7 Å². The minimum Gasteiger partial charge on any atom is -0.478 e. The maximum absolute atomic E-state index is 12.3. The first-order chi connectivity index (χ1) is 10.7. The summed E-state index contributed by atoms with van der Waals surface area (Å²) in [7, 11) is 0. The third-order valence-electron chi connectivity index (χ3n) is 3.18. The smallest absolute Gasteiger partial charge is 0.317 e. The summed E-state index contributed by atoms with van der Waals surface area (Å²) in [5.41, 5.74) is 1.82. The van der Waals surface area contributed by atoms with Gasteiger partial charge in [0, 0.05) is 30.4 Å². The van der Waals surface area contributed by atoms with Crippen molar-refractivity contribution in [1.29, 1.82) is 0 Å². The second-order valence-corrected chi connectivity index (χ2v) is 4.71. The summed E-state index contributed by atoms with van der Waals surface area (Å²) in [6.45, 7) is 5.89. The molecule has 2 aromatic heterocycles. The molecule has 0 aliphatic carbocycles. The van der Waals surface area contributed by atoms with E-state index in [0.717, 1.165) is 11.1 Å². The van der Waals surface area contributed by atoms with Crippen LogP contribution in [0.4, 0.5) is 4.79 Å². The predicted octanol–water partition coefficient (Wildman–Crippen LogP) is 2.81. The van der Waals surface area contributed by atoms with E-state index in [-0.39, 0.29) is 6.03 Å². The summed E-state index contributed by atoms with van der Waals surface area (Å²) in [5.74, 6) is 0.559. The highest BCUT2D eigenvalue weighted by atomic mass is 16.5. The van der Waals surface area contributed by atoms with E-state index >= 15 is 0 Å². The number of aromatic nitrogens is 1. The van der Waals surface area contributed by atoms with Crippen LogP contribution in [0.3, 0.4) is 0 Å². The maximum Gasteiger partial charge on any atom is 0.317 e. The third kappa shape index (κ3) is 4.25.